The SMILES string of the molecule is CC(C)(C)c1ccc(OCC(=O)N/N=C/c2cc([N+](=O)[O-])ccc2O)cc1. The largest absolute Gasteiger partial charge is 0.507 e. The average Bonchev–Trinajstić information content (AvgIpc) is 2.61. The van der Waals surface area contributed by atoms with Crippen molar-refractivity contribution in [3.8, 4) is 11.5 Å². The first-order valence-corrected chi connectivity index (χ1v) is 8.19. The van der Waals surface area contributed by atoms with Crippen LogP contribution in [0, 0.1) is 10.1 Å². The van der Waals surface area contributed by atoms with Gasteiger partial charge in [-0.05, 0) is 29.2 Å². The topological polar surface area (TPSA) is 114 Å². The maximum absolute atomic E-state index is 11.8. The van der Waals surface area contributed by atoms with E-state index in [2.05, 4.69) is 31.3 Å². The lowest BCUT2D eigenvalue weighted by atomic mass is 9.87. The number of aromatic hydroxyl groups is 1. The third-order valence-corrected chi connectivity index (χ3v) is 3.71. The Bertz CT molecular complexity index is 855. The summed E-state index contributed by atoms with van der Waals surface area (Å²) in [5.74, 6) is -0.136. The van der Waals surface area contributed by atoms with Crippen molar-refractivity contribution in [2.45, 2.75) is 26.2 Å². The molecule has 2 aromatic carbocycles. The molecule has 0 unspecified atom stereocenters. The molecule has 1 amide bonds. The standard InChI is InChI=1S/C19H21N3O5/c1-19(2,3)14-4-7-16(8-5-14)27-12-18(24)21-20-11-13-10-15(22(25)26)6-9-17(13)23/h4-11,23H,12H2,1-3H3,(H,21,24)/b20-11+. The van der Waals surface area contributed by atoms with Crippen LogP contribution in [0.1, 0.15) is 31.9 Å². The number of phenols is 1. The molecule has 142 valence electrons. The number of hydrogen-bond donors (Lipinski definition) is 2. The first kappa shape index (κ1) is 19.9. The number of hydrogen-bond acceptors (Lipinski definition) is 6. The summed E-state index contributed by atoms with van der Waals surface area (Å²) in [5.41, 5.74) is 3.34. The van der Waals surface area contributed by atoms with Crippen molar-refractivity contribution in [1.29, 1.82) is 0 Å². The average molecular weight is 371 g/mol. The highest BCUT2D eigenvalue weighted by Gasteiger charge is 2.13. The molecular formula is C19H21N3O5. The molecule has 0 spiro atoms. The van der Waals surface area contributed by atoms with E-state index in [1.807, 2.05) is 12.1 Å². The summed E-state index contributed by atoms with van der Waals surface area (Å²) in [6, 6.07) is 11.0. The third-order valence-electron chi connectivity index (χ3n) is 3.71. The van der Waals surface area contributed by atoms with E-state index in [4.69, 9.17) is 4.74 Å². The highest BCUT2D eigenvalue weighted by molar-refractivity contribution is 5.86. The Hall–Kier alpha value is -3.42. The third kappa shape index (κ3) is 5.81. The fourth-order valence-corrected chi connectivity index (χ4v) is 2.17. The van der Waals surface area contributed by atoms with Crippen molar-refractivity contribution in [1.82, 2.24) is 5.43 Å². The second kappa shape index (κ2) is 8.31. The molecule has 0 radical (unpaired) electrons. The molecular weight excluding hydrogens is 350 g/mol. The maximum Gasteiger partial charge on any atom is 0.277 e. The zero-order chi connectivity index (χ0) is 20.0. The molecule has 0 heterocycles. The van der Waals surface area contributed by atoms with E-state index in [1.165, 1.54) is 12.1 Å². The number of non-ortho nitro benzene ring substituents is 1. The monoisotopic (exact) mass is 371 g/mol. The molecule has 0 fully saturated rings. The number of phenolic OH excluding ortho intramolecular Hbond substituents is 1. The van der Waals surface area contributed by atoms with Crippen LogP contribution in [-0.4, -0.2) is 28.8 Å². The number of amides is 1. The molecule has 0 bridgehead atoms. The van der Waals surface area contributed by atoms with Gasteiger partial charge < -0.3 is 9.84 Å². The Morgan fingerprint density at radius 1 is 1.26 bits per heavy atom. The summed E-state index contributed by atoms with van der Waals surface area (Å²) in [6.07, 6.45) is 1.12. The number of nitrogens with one attached hydrogen (secondary N) is 1. The van der Waals surface area contributed by atoms with Gasteiger partial charge in [-0.2, -0.15) is 5.10 Å². The molecule has 0 saturated carbocycles. The van der Waals surface area contributed by atoms with E-state index in [0.717, 1.165) is 17.8 Å². The van der Waals surface area contributed by atoms with Crippen LogP contribution >= 0.6 is 0 Å². The Labute approximate surface area is 156 Å². The van der Waals surface area contributed by atoms with Gasteiger partial charge in [0.05, 0.1) is 11.1 Å². The smallest absolute Gasteiger partial charge is 0.277 e. The van der Waals surface area contributed by atoms with Crippen LogP contribution in [0.15, 0.2) is 47.6 Å². The minimum atomic E-state index is -0.589. The quantitative estimate of drug-likeness (QED) is 0.460. The molecule has 2 aromatic rings. The van der Waals surface area contributed by atoms with Crippen LogP contribution in [0.25, 0.3) is 0 Å². The minimum absolute atomic E-state index is 0.0304. The van der Waals surface area contributed by atoms with E-state index in [-0.39, 0.29) is 29.0 Å². The van der Waals surface area contributed by atoms with Gasteiger partial charge in [-0.25, -0.2) is 5.43 Å². The van der Waals surface area contributed by atoms with Crippen LogP contribution in [-0.2, 0) is 10.2 Å². The van der Waals surface area contributed by atoms with Crippen LogP contribution in [0.2, 0.25) is 0 Å². The van der Waals surface area contributed by atoms with Gasteiger partial charge >= 0.3 is 0 Å². The lowest BCUT2D eigenvalue weighted by Gasteiger charge is -2.19. The summed E-state index contributed by atoms with van der Waals surface area (Å²) >= 11 is 0. The van der Waals surface area contributed by atoms with Gasteiger partial charge in [0.15, 0.2) is 6.61 Å². The fourth-order valence-electron chi connectivity index (χ4n) is 2.17. The second-order valence-electron chi connectivity index (χ2n) is 6.86. The number of hydrazone groups is 1. The summed E-state index contributed by atoms with van der Waals surface area (Å²) in [5, 5.41) is 24.1. The first-order valence-electron chi connectivity index (χ1n) is 8.19. The van der Waals surface area contributed by atoms with Crippen LogP contribution in [0.3, 0.4) is 0 Å². The van der Waals surface area contributed by atoms with Crippen molar-refractivity contribution in [3.05, 3.63) is 63.7 Å². The molecule has 8 nitrogen and oxygen atoms in total. The highest BCUT2D eigenvalue weighted by Crippen LogP contribution is 2.24. The lowest BCUT2D eigenvalue weighted by molar-refractivity contribution is -0.384. The van der Waals surface area contributed by atoms with E-state index in [9.17, 15) is 20.0 Å². The summed E-state index contributed by atoms with van der Waals surface area (Å²) < 4.78 is 5.39. The van der Waals surface area contributed by atoms with E-state index < -0.39 is 10.8 Å². The van der Waals surface area contributed by atoms with Crippen molar-refractivity contribution in [2.75, 3.05) is 6.61 Å². The summed E-state index contributed by atoms with van der Waals surface area (Å²) in [6.45, 7) is 6.07. The number of ether oxygens (including phenoxy) is 1. The number of benzene rings is 2. The zero-order valence-electron chi connectivity index (χ0n) is 15.3. The molecule has 8 heteroatoms. The number of nitro groups is 1. The predicted octanol–water partition coefficient (Wildman–Crippen LogP) is 3.13. The Morgan fingerprint density at radius 3 is 2.52 bits per heavy atom. The Kier molecular flexibility index (Phi) is 6.12. The van der Waals surface area contributed by atoms with Gasteiger partial charge in [-0.15, -0.1) is 0 Å². The van der Waals surface area contributed by atoms with Gasteiger partial charge in [0, 0.05) is 17.7 Å². The molecule has 0 saturated heterocycles. The number of nitrogens with zero attached hydrogens (tertiary/aromatic N) is 2. The predicted molar refractivity (Wildman–Crippen MR) is 101 cm³/mol. The van der Waals surface area contributed by atoms with Gasteiger partial charge in [0.2, 0.25) is 0 Å². The minimum Gasteiger partial charge on any atom is -0.507 e. The van der Waals surface area contributed by atoms with Crippen molar-refractivity contribution < 1.29 is 19.6 Å². The number of rotatable bonds is 6. The number of nitro benzene ring substituents is 1. The first-order chi connectivity index (χ1) is 12.7. The molecule has 0 aliphatic carbocycles. The second-order valence-corrected chi connectivity index (χ2v) is 6.86. The van der Waals surface area contributed by atoms with Crippen LogP contribution in [0.5, 0.6) is 11.5 Å². The fraction of sp³-hybridized carbons (Fsp3) is 0.263. The van der Waals surface area contributed by atoms with Crippen LogP contribution in [0.4, 0.5) is 5.69 Å². The Morgan fingerprint density at radius 2 is 1.93 bits per heavy atom. The number of carbonyl (C=O) groups is 1. The number of carbonyl (C=O) groups excluding carboxylic acids is 1. The molecule has 0 atom stereocenters. The van der Waals surface area contributed by atoms with Gasteiger partial charge in [-0.1, -0.05) is 32.9 Å². The van der Waals surface area contributed by atoms with E-state index >= 15 is 0 Å². The highest BCUT2D eigenvalue weighted by atomic mass is 16.6. The van der Waals surface area contributed by atoms with Gasteiger partial charge in [0.25, 0.3) is 11.6 Å². The van der Waals surface area contributed by atoms with Crippen molar-refractivity contribution in [2.24, 2.45) is 5.10 Å². The van der Waals surface area contributed by atoms with Gasteiger partial charge in [0.1, 0.15) is 11.5 Å². The molecule has 0 aliphatic rings. The molecule has 2 N–H and O–H groups in total. The lowest BCUT2D eigenvalue weighted by Crippen LogP contribution is -2.24. The molecule has 0 aromatic heterocycles. The van der Waals surface area contributed by atoms with Crippen LogP contribution < -0.4 is 10.2 Å². The molecule has 2 rings (SSSR count). The zero-order valence-corrected chi connectivity index (χ0v) is 15.3. The maximum atomic E-state index is 11.8. The van der Waals surface area contributed by atoms with Crippen molar-refractivity contribution in [3.63, 3.8) is 0 Å². The van der Waals surface area contributed by atoms with E-state index in [1.54, 1.807) is 12.1 Å². The van der Waals surface area contributed by atoms with E-state index in [0.29, 0.717) is 5.75 Å². The molecule has 27 heavy (non-hydrogen) atoms. The molecule has 0 aliphatic heterocycles. The summed E-state index contributed by atoms with van der Waals surface area (Å²) in [4.78, 5) is 21.9. The van der Waals surface area contributed by atoms with Crippen molar-refractivity contribution >= 4 is 17.8 Å². The Balaban J connectivity index is 1.88. The summed E-state index contributed by atoms with van der Waals surface area (Å²) in [7, 11) is 0. The normalized spacial score (nSPS) is 11.4. The van der Waals surface area contributed by atoms with Gasteiger partial charge in [-0.3, -0.25) is 14.9 Å².